The third-order valence-electron chi connectivity index (χ3n) is 16.6. The number of hydrogen-bond donors (Lipinski definition) is 1. The molecule has 4 atom stereocenters. The molecule has 4 aromatic rings. The van der Waals surface area contributed by atoms with Gasteiger partial charge in [-0.25, -0.2) is 0 Å². The molecule has 428 valence electrons. The van der Waals surface area contributed by atoms with Crippen molar-refractivity contribution in [1.29, 1.82) is 0 Å². The maximum Gasteiger partial charge on any atom is 0.253 e. The maximum absolute atomic E-state index is 14.0. The minimum absolute atomic E-state index is 0.0628. The average Bonchev–Trinajstić information content (AvgIpc) is 4.42. The molecule has 7 aliphatic rings. The minimum atomic E-state index is -0.661. The number of rotatable bonds is 20. The fourth-order valence-corrected chi connectivity index (χ4v) is 12.4. The van der Waals surface area contributed by atoms with E-state index in [-0.39, 0.29) is 47.8 Å². The average molecular weight is 1120 g/mol. The molecule has 2 aromatic carbocycles. The molecule has 2 aromatic heterocycles. The number of benzene rings is 2. The molecule has 1 N–H and O–H groups in total. The highest BCUT2D eigenvalue weighted by atomic mass is 16.5. The number of unbranched alkanes of at least 4 members (excludes halogenated alkanes) is 2. The zero-order chi connectivity index (χ0) is 57.0. The van der Waals surface area contributed by atoms with Crippen molar-refractivity contribution in [1.82, 2.24) is 23.8 Å². The number of ether oxygens (including phenoxy) is 5. The summed E-state index contributed by atoms with van der Waals surface area (Å²) in [6, 6.07) is 14.3. The van der Waals surface area contributed by atoms with Crippen LogP contribution in [0, 0.1) is 22.3 Å². The fourth-order valence-electron chi connectivity index (χ4n) is 12.4. The number of hydrogen-bond acceptors (Lipinski definition) is 12. The highest BCUT2D eigenvalue weighted by Crippen LogP contribution is 2.42. The van der Waals surface area contributed by atoms with Crippen LogP contribution in [0.4, 0.5) is 5.69 Å². The summed E-state index contributed by atoms with van der Waals surface area (Å²) in [5.41, 5.74) is 7.33. The van der Waals surface area contributed by atoms with E-state index in [9.17, 15) is 34.4 Å². The van der Waals surface area contributed by atoms with Crippen molar-refractivity contribution in [2.24, 2.45) is 11.8 Å². The molecule has 0 spiro atoms. The molecule has 20 nitrogen and oxygen atoms in total. The van der Waals surface area contributed by atoms with Crippen molar-refractivity contribution in [3.8, 4) is 28.7 Å². The lowest BCUT2D eigenvalue weighted by atomic mass is 9.87. The number of hydroxylamine groups is 2. The number of methoxy groups -OCH3 is 3. The second kappa shape index (κ2) is 24.1. The van der Waals surface area contributed by atoms with Crippen molar-refractivity contribution in [3.05, 3.63) is 142 Å². The summed E-state index contributed by atoms with van der Waals surface area (Å²) < 4.78 is 35.4. The first-order chi connectivity index (χ1) is 39.9. The summed E-state index contributed by atoms with van der Waals surface area (Å²) >= 11 is 0. The lowest BCUT2D eigenvalue weighted by molar-refractivity contribution is -0.404. The van der Waals surface area contributed by atoms with E-state index in [0.717, 1.165) is 37.5 Å². The van der Waals surface area contributed by atoms with Gasteiger partial charge in [0.25, 0.3) is 11.8 Å². The van der Waals surface area contributed by atoms with Gasteiger partial charge in [-0.15, -0.1) is 0 Å². The van der Waals surface area contributed by atoms with Gasteiger partial charge in [0.2, 0.25) is 30.2 Å². The summed E-state index contributed by atoms with van der Waals surface area (Å²) in [5.74, 6) is 1.32. The molecule has 5 amide bonds. The highest BCUT2D eigenvalue weighted by molar-refractivity contribution is 6.12. The normalized spacial score (nSPS) is 20.9. The van der Waals surface area contributed by atoms with Crippen LogP contribution in [0.2, 0.25) is 0 Å². The van der Waals surface area contributed by atoms with Gasteiger partial charge in [-0.3, -0.25) is 28.9 Å². The first kappa shape index (κ1) is 55.1. The summed E-state index contributed by atoms with van der Waals surface area (Å²) in [5, 5.41) is 30.2. The molecular weight excluding hydrogens is 1050 g/mol. The van der Waals surface area contributed by atoms with Crippen molar-refractivity contribution < 1.29 is 57.1 Å². The Morgan fingerprint density at radius 2 is 1.17 bits per heavy atom. The number of fused-ring (bicyclic) bond motifs is 4. The molecule has 2 fully saturated rings. The summed E-state index contributed by atoms with van der Waals surface area (Å²) in [4.78, 5) is 69.3. The van der Waals surface area contributed by atoms with Crippen LogP contribution in [0.5, 0.6) is 28.7 Å². The highest BCUT2D eigenvalue weighted by Gasteiger charge is 2.42. The van der Waals surface area contributed by atoms with Crippen LogP contribution in [0.3, 0.4) is 0 Å². The molecule has 82 heavy (non-hydrogen) atoms. The van der Waals surface area contributed by atoms with Crippen molar-refractivity contribution in [2.45, 2.75) is 95.8 Å². The SMILES string of the molecule is COc1ccc(C2=CC=C3C(C2)Cn2cc(OCCCOc4cn5c(c4OC)C=[N+]([O-])C4=CC=C(c6ccc(NC(=O)C7CCCN7C(=O)C7CCCN7C(=O)CCCCCN7C(=O)C=CC7=O)cc6)CC4C5)c(OC)c2C=[N+]3[O-])cc1. The number of carbonyl (C=O) groups excluding carboxylic acids is 5. The van der Waals surface area contributed by atoms with Crippen molar-refractivity contribution in [3.63, 3.8) is 0 Å². The molecule has 2 aliphatic carbocycles. The van der Waals surface area contributed by atoms with E-state index in [1.54, 1.807) is 37.3 Å². The largest absolute Gasteiger partial charge is 0.618 e. The van der Waals surface area contributed by atoms with Gasteiger partial charge in [-0.05, 0) is 97.9 Å². The maximum atomic E-state index is 14.0. The Balaban J connectivity index is 0.658. The van der Waals surface area contributed by atoms with Crippen molar-refractivity contribution >= 4 is 58.8 Å². The number of allylic oxidation sites excluding steroid dienone is 8. The number of imide groups is 1. The zero-order valence-electron chi connectivity index (χ0n) is 46.5. The standard InChI is InChI=1S/C62H68N8O12/c1-78-47-21-15-41(16-22-47)43-18-24-49-45(33-43)35-65-39-55(60(80-3)53(65)37-70(49)77)82-31-9-30-81-54-38-64-34-44-32-42(17-23-48(44)69(76)36-52(64)59(54)79-2)40-13-19-46(20-14-40)63-61(74)50-10-7-29-67(50)62(75)51-11-8-28-66(51)56(71)12-5-4-6-27-68-57(72)25-26-58(68)73/h13-26,36-39,44-45,50-51H,4-12,27-35H2,1-3H3,(H,63,74). The first-order valence-electron chi connectivity index (χ1n) is 28.3. The predicted molar refractivity (Wildman–Crippen MR) is 305 cm³/mol. The Kier molecular flexibility index (Phi) is 16.2. The third kappa shape index (κ3) is 11.3. The Morgan fingerprint density at radius 1 is 0.634 bits per heavy atom. The van der Waals surface area contributed by atoms with Gasteiger partial charge in [0.1, 0.15) is 17.8 Å². The molecule has 2 saturated heterocycles. The van der Waals surface area contributed by atoms with Crippen LogP contribution in [0.1, 0.15) is 93.1 Å². The molecule has 4 unspecified atom stereocenters. The fraction of sp³-hybridized carbons (Fsp3) is 0.403. The van der Waals surface area contributed by atoms with Crippen LogP contribution < -0.4 is 29.0 Å². The minimum Gasteiger partial charge on any atom is -0.618 e. The van der Waals surface area contributed by atoms with E-state index in [2.05, 4.69) is 5.32 Å². The predicted octanol–water partition coefficient (Wildman–Crippen LogP) is 7.43. The first-order valence-corrected chi connectivity index (χ1v) is 28.3. The van der Waals surface area contributed by atoms with Crippen LogP contribution >= 0.6 is 0 Å². The third-order valence-corrected chi connectivity index (χ3v) is 16.6. The van der Waals surface area contributed by atoms with Crippen molar-refractivity contribution in [2.75, 3.05) is 59.5 Å². The number of carbonyl (C=O) groups is 5. The Hall–Kier alpha value is -8.81. The van der Waals surface area contributed by atoms with Gasteiger partial charge < -0.3 is 58.3 Å². The molecule has 0 saturated carbocycles. The lowest BCUT2D eigenvalue weighted by Crippen LogP contribution is -2.51. The topological polar surface area (TPSA) is 215 Å². The van der Waals surface area contributed by atoms with E-state index in [1.807, 2.05) is 94.4 Å². The van der Waals surface area contributed by atoms with Gasteiger partial charge in [-0.2, -0.15) is 9.48 Å². The second-order valence-electron chi connectivity index (χ2n) is 21.7. The van der Waals surface area contributed by atoms with Crippen LogP contribution in [0.25, 0.3) is 11.1 Å². The number of amides is 5. The molecule has 11 rings (SSSR count). The smallest absolute Gasteiger partial charge is 0.253 e. The van der Waals surface area contributed by atoms with Gasteiger partial charge in [0.05, 0.1) is 58.8 Å². The van der Waals surface area contributed by atoms with Gasteiger partial charge in [-0.1, -0.05) is 42.8 Å². The van der Waals surface area contributed by atoms with E-state index in [0.29, 0.717) is 162 Å². The second-order valence-corrected chi connectivity index (χ2v) is 21.7. The van der Waals surface area contributed by atoms with E-state index in [1.165, 1.54) is 23.3 Å². The molecule has 0 radical (unpaired) electrons. The summed E-state index contributed by atoms with van der Waals surface area (Å²) in [6.45, 7) is 2.89. The summed E-state index contributed by atoms with van der Waals surface area (Å²) in [6.07, 6.45) is 23.5. The quantitative estimate of drug-likeness (QED) is 0.0396. The monoisotopic (exact) mass is 1120 g/mol. The van der Waals surface area contributed by atoms with E-state index in [4.69, 9.17) is 23.7 Å². The molecular formula is C62H68N8O12. The van der Waals surface area contributed by atoms with Crippen LogP contribution in [0.15, 0.2) is 109 Å². The molecule has 20 heteroatoms. The molecule has 7 heterocycles. The van der Waals surface area contributed by atoms with Gasteiger partial charge in [0, 0.05) is 75.6 Å². The number of anilines is 1. The zero-order valence-corrected chi connectivity index (χ0v) is 46.5. The Bertz CT molecular complexity index is 3360. The number of nitrogens with zero attached hydrogens (tertiary/aromatic N) is 7. The van der Waals surface area contributed by atoms with E-state index >= 15 is 0 Å². The molecule has 5 aliphatic heterocycles. The number of likely N-dealkylation sites (tertiary alicyclic amines) is 2. The van der Waals surface area contributed by atoms with Crippen LogP contribution in [-0.4, -0.2) is 142 Å². The Morgan fingerprint density at radius 3 is 1.72 bits per heavy atom. The van der Waals surface area contributed by atoms with Crippen LogP contribution in [-0.2, 0) is 37.1 Å². The van der Waals surface area contributed by atoms with Gasteiger partial charge >= 0.3 is 0 Å². The number of aromatic nitrogens is 2. The lowest BCUT2D eigenvalue weighted by Gasteiger charge is -2.31. The van der Waals surface area contributed by atoms with Gasteiger partial charge in [0.15, 0.2) is 45.8 Å². The number of nitrogens with one attached hydrogen (secondary N) is 1. The summed E-state index contributed by atoms with van der Waals surface area (Å²) in [7, 11) is 4.77. The Labute approximate surface area is 475 Å². The van der Waals surface area contributed by atoms with E-state index < -0.39 is 12.1 Å². The molecule has 0 bridgehead atoms.